The molecule has 1 aromatic carbocycles. The minimum atomic E-state index is 0. The van der Waals surface area contributed by atoms with Crippen molar-refractivity contribution in [1.29, 1.82) is 0 Å². The van der Waals surface area contributed by atoms with Gasteiger partial charge in [-0.05, 0) is 37.3 Å². The number of guanidine groups is 1. The molecule has 3 nitrogen and oxygen atoms in total. The van der Waals surface area contributed by atoms with Crippen LogP contribution in [-0.2, 0) is 6.42 Å². The number of aliphatic imine (C=N–C) groups is 1. The summed E-state index contributed by atoms with van der Waals surface area (Å²) in [4.78, 5) is 4.60. The molecule has 2 atom stereocenters. The Balaban J connectivity index is 0.00000200. The molecule has 112 valence electrons. The van der Waals surface area contributed by atoms with Gasteiger partial charge in [0.15, 0.2) is 5.96 Å². The Morgan fingerprint density at radius 2 is 2.10 bits per heavy atom. The third kappa shape index (κ3) is 5.48. The summed E-state index contributed by atoms with van der Waals surface area (Å²) in [5.74, 6) is 1.69. The van der Waals surface area contributed by atoms with Crippen LogP contribution in [0.3, 0.4) is 0 Å². The second kappa shape index (κ2) is 8.72. The summed E-state index contributed by atoms with van der Waals surface area (Å²) in [6, 6.07) is 8.55. The Kier molecular flexibility index (Phi) is 7.66. The first kappa shape index (κ1) is 17.6. The van der Waals surface area contributed by atoms with E-state index in [9.17, 15) is 0 Å². The summed E-state index contributed by atoms with van der Waals surface area (Å²) >= 11 is 6.13. The lowest BCUT2D eigenvalue weighted by molar-refractivity contribution is 0.765. The molecule has 0 saturated heterocycles. The van der Waals surface area contributed by atoms with Crippen molar-refractivity contribution in [2.24, 2.45) is 10.9 Å². The quantitative estimate of drug-likeness (QED) is 0.445. The zero-order chi connectivity index (χ0) is 13.7. The van der Waals surface area contributed by atoms with E-state index in [4.69, 9.17) is 11.6 Å². The molecule has 1 aliphatic carbocycles. The van der Waals surface area contributed by atoms with Crippen LogP contribution in [0.5, 0.6) is 0 Å². The monoisotopic (exact) mass is 407 g/mol. The fourth-order valence-corrected chi connectivity index (χ4v) is 2.24. The highest BCUT2D eigenvalue weighted by Crippen LogP contribution is 2.28. The van der Waals surface area contributed by atoms with Crippen molar-refractivity contribution in [1.82, 2.24) is 10.6 Å². The first-order valence-corrected chi connectivity index (χ1v) is 7.36. The smallest absolute Gasteiger partial charge is 0.191 e. The van der Waals surface area contributed by atoms with E-state index in [1.807, 2.05) is 18.2 Å². The molecule has 1 saturated carbocycles. The SMILES string of the molecule is CCNC(=NCCc1ccccc1Cl)NC1CC1C.I. The minimum Gasteiger partial charge on any atom is -0.357 e. The third-order valence-electron chi connectivity index (χ3n) is 3.38. The van der Waals surface area contributed by atoms with Gasteiger partial charge in [0.05, 0.1) is 0 Å². The van der Waals surface area contributed by atoms with Crippen LogP contribution in [0.4, 0.5) is 0 Å². The Morgan fingerprint density at radius 1 is 1.40 bits per heavy atom. The Hall–Kier alpha value is -0.490. The van der Waals surface area contributed by atoms with Gasteiger partial charge in [-0.25, -0.2) is 0 Å². The Morgan fingerprint density at radius 3 is 2.70 bits per heavy atom. The number of nitrogens with zero attached hydrogens (tertiary/aromatic N) is 1. The standard InChI is InChI=1S/C15H22ClN3.HI/c1-3-17-15(19-14-10-11(14)2)18-9-8-12-6-4-5-7-13(12)16;/h4-7,11,14H,3,8-10H2,1-2H3,(H2,17,18,19);1H. The van der Waals surface area contributed by atoms with Gasteiger partial charge in [0.2, 0.25) is 0 Å². The zero-order valence-corrected chi connectivity index (χ0v) is 15.1. The molecule has 2 N–H and O–H groups in total. The van der Waals surface area contributed by atoms with Crippen molar-refractivity contribution < 1.29 is 0 Å². The maximum absolute atomic E-state index is 6.13. The first-order chi connectivity index (χ1) is 9.20. The highest BCUT2D eigenvalue weighted by molar-refractivity contribution is 14.0. The van der Waals surface area contributed by atoms with Crippen LogP contribution >= 0.6 is 35.6 Å². The van der Waals surface area contributed by atoms with E-state index in [-0.39, 0.29) is 24.0 Å². The average molecular weight is 408 g/mol. The topological polar surface area (TPSA) is 36.4 Å². The highest BCUT2D eigenvalue weighted by atomic mass is 127. The van der Waals surface area contributed by atoms with E-state index in [1.165, 1.54) is 6.42 Å². The Labute approximate surface area is 143 Å². The number of rotatable bonds is 5. The van der Waals surface area contributed by atoms with Crippen LogP contribution in [0, 0.1) is 5.92 Å². The van der Waals surface area contributed by atoms with Gasteiger partial charge >= 0.3 is 0 Å². The summed E-state index contributed by atoms with van der Waals surface area (Å²) in [6.45, 7) is 5.98. The molecule has 0 spiro atoms. The molecular formula is C15H23ClIN3. The summed E-state index contributed by atoms with van der Waals surface area (Å²) in [6.07, 6.45) is 2.12. The number of benzene rings is 1. The zero-order valence-electron chi connectivity index (χ0n) is 12.0. The van der Waals surface area contributed by atoms with Crippen molar-refractivity contribution in [3.63, 3.8) is 0 Å². The molecule has 0 aliphatic heterocycles. The molecule has 0 radical (unpaired) electrons. The van der Waals surface area contributed by atoms with Crippen LogP contribution in [-0.4, -0.2) is 25.1 Å². The fraction of sp³-hybridized carbons (Fsp3) is 0.533. The van der Waals surface area contributed by atoms with Gasteiger partial charge in [-0.15, -0.1) is 24.0 Å². The second-order valence-electron chi connectivity index (χ2n) is 5.07. The molecule has 1 aromatic rings. The fourth-order valence-electron chi connectivity index (χ4n) is 2.01. The van der Waals surface area contributed by atoms with Crippen LogP contribution < -0.4 is 10.6 Å². The predicted molar refractivity (Wildman–Crippen MR) is 97.3 cm³/mol. The molecule has 1 aliphatic rings. The molecule has 1 fully saturated rings. The number of nitrogens with one attached hydrogen (secondary N) is 2. The number of hydrogen-bond acceptors (Lipinski definition) is 1. The molecule has 20 heavy (non-hydrogen) atoms. The van der Waals surface area contributed by atoms with E-state index in [0.717, 1.165) is 42.0 Å². The highest BCUT2D eigenvalue weighted by Gasteiger charge is 2.33. The third-order valence-corrected chi connectivity index (χ3v) is 3.75. The van der Waals surface area contributed by atoms with Crippen molar-refractivity contribution in [2.45, 2.75) is 32.7 Å². The molecule has 5 heteroatoms. The van der Waals surface area contributed by atoms with Gasteiger partial charge < -0.3 is 10.6 Å². The van der Waals surface area contributed by atoms with Gasteiger partial charge in [0.25, 0.3) is 0 Å². The Bertz CT molecular complexity index is 450. The van der Waals surface area contributed by atoms with Crippen molar-refractivity contribution in [2.75, 3.05) is 13.1 Å². The molecule has 0 bridgehead atoms. The van der Waals surface area contributed by atoms with Crippen molar-refractivity contribution in [3.8, 4) is 0 Å². The first-order valence-electron chi connectivity index (χ1n) is 6.99. The average Bonchev–Trinajstić information content (AvgIpc) is 3.07. The molecule has 2 rings (SSSR count). The summed E-state index contributed by atoms with van der Waals surface area (Å²) < 4.78 is 0. The predicted octanol–water partition coefficient (Wildman–Crippen LogP) is 3.46. The second-order valence-corrected chi connectivity index (χ2v) is 5.47. The van der Waals surface area contributed by atoms with Gasteiger partial charge in [-0.1, -0.05) is 36.7 Å². The van der Waals surface area contributed by atoms with E-state index in [0.29, 0.717) is 6.04 Å². The van der Waals surface area contributed by atoms with Gasteiger partial charge in [-0.2, -0.15) is 0 Å². The van der Waals surface area contributed by atoms with Crippen LogP contribution in [0.25, 0.3) is 0 Å². The van der Waals surface area contributed by atoms with Crippen molar-refractivity contribution in [3.05, 3.63) is 34.9 Å². The lowest BCUT2D eigenvalue weighted by Crippen LogP contribution is -2.39. The summed E-state index contributed by atoms with van der Waals surface area (Å²) in [7, 11) is 0. The normalized spacial score (nSPS) is 21.1. The van der Waals surface area contributed by atoms with E-state index >= 15 is 0 Å². The number of hydrogen-bond donors (Lipinski definition) is 2. The lowest BCUT2D eigenvalue weighted by atomic mass is 10.1. The maximum Gasteiger partial charge on any atom is 0.191 e. The van der Waals surface area contributed by atoms with Crippen LogP contribution in [0.15, 0.2) is 29.3 Å². The van der Waals surface area contributed by atoms with Gasteiger partial charge in [-0.3, -0.25) is 4.99 Å². The summed E-state index contributed by atoms with van der Waals surface area (Å²) in [5.41, 5.74) is 1.16. The summed E-state index contributed by atoms with van der Waals surface area (Å²) in [5, 5.41) is 7.56. The lowest BCUT2D eigenvalue weighted by Gasteiger charge is -2.10. The molecule has 0 aromatic heterocycles. The number of halogens is 2. The molecular weight excluding hydrogens is 385 g/mol. The molecule has 0 heterocycles. The van der Waals surface area contributed by atoms with Crippen molar-refractivity contribution >= 4 is 41.5 Å². The van der Waals surface area contributed by atoms with E-state index in [2.05, 4.69) is 35.5 Å². The van der Waals surface area contributed by atoms with Gasteiger partial charge in [0, 0.05) is 24.2 Å². The van der Waals surface area contributed by atoms with Crippen LogP contribution in [0.1, 0.15) is 25.8 Å². The van der Waals surface area contributed by atoms with Gasteiger partial charge in [0.1, 0.15) is 0 Å². The molecule has 2 unspecified atom stereocenters. The largest absolute Gasteiger partial charge is 0.357 e. The molecule has 0 amide bonds. The maximum atomic E-state index is 6.13. The van der Waals surface area contributed by atoms with E-state index < -0.39 is 0 Å². The minimum absolute atomic E-state index is 0. The van der Waals surface area contributed by atoms with Crippen LogP contribution in [0.2, 0.25) is 5.02 Å². The van der Waals surface area contributed by atoms with E-state index in [1.54, 1.807) is 0 Å².